The topological polar surface area (TPSA) is 68.4 Å². The van der Waals surface area contributed by atoms with E-state index in [0.717, 1.165) is 28.8 Å². The molecule has 6 nitrogen and oxygen atoms in total. The molecule has 0 unspecified atom stereocenters. The predicted octanol–water partition coefficient (Wildman–Crippen LogP) is 6.30. The van der Waals surface area contributed by atoms with Gasteiger partial charge in [-0.2, -0.15) is 0 Å². The van der Waals surface area contributed by atoms with Gasteiger partial charge in [-0.3, -0.25) is 4.79 Å². The van der Waals surface area contributed by atoms with E-state index >= 15 is 0 Å². The highest BCUT2D eigenvalue weighted by Gasteiger charge is 2.24. The standard InChI is InChI=1S/C31H36N4O2/c1-22(2)35(31(37)33-27-15-14-23(3)24(4)18-27)21-30(36)34(20-25-10-6-5-7-11-25)17-16-26-19-32-29-13-9-8-12-28(26)29/h5-15,18-19,22,32H,16-17,20-21H2,1-4H3,(H,33,37). The number of aryl methyl sites for hydroxylation is 2. The summed E-state index contributed by atoms with van der Waals surface area (Å²) in [5, 5.41) is 4.14. The Morgan fingerprint density at radius 1 is 0.919 bits per heavy atom. The highest BCUT2D eigenvalue weighted by atomic mass is 16.2. The van der Waals surface area contributed by atoms with Crippen LogP contribution in [0.4, 0.5) is 10.5 Å². The van der Waals surface area contributed by atoms with Gasteiger partial charge in [-0.05, 0) is 74.6 Å². The number of amides is 3. The van der Waals surface area contributed by atoms with Crippen molar-refractivity contribution in [2.24, 2.45) is 0 Å². The number of anilines is 1. The van der Waals surface area contributed by atoms with E-state index < -0.39 is 0 Å². The lowest BCUT2D eigenvalue weighted by atomic mass is 10.1. The minimum absolute atomic E-state index is 0.00899. The number of nitrogens with one attached hydrogen (secondary N) is 2. The van der Waals surface area contributed by atoms with Crippen LogP contribution < -0.4 is 5.32 Å². The van der Waals surface area contributed by atoms with Gasteiger partial charge in [0.1, 0.15) is 6.54 Å². The maximum Gasteiger partial charge on any atom is 0.322 e. The summed E-state index contributed by atoms with van der Waals surface area (Å²) in [6.07, 6.45) is 2.74. The lowest BCUT2D eigenvalue weighted by Crippen LogP contribution is -2.47. The van der Waals surface area contributed by atoms with Crippen LogP contribution in [0.15, 0.2) is 79.0 Å². The van der Waals surface area contributed by atoms with Crippen molar-refractivity contribution in [3.8, 4) is 0 Å². The summed E-state index contributed by atoms with van der Waals surface area (Å²) in [5.74, 6) is -0.0763. The number of benzene rings is 3. The molecule has 0 spiro atoms. The Labute approximate surface area is 219 Å². The second kappa shape index (κ2) is 11.8. The maximum atomic E-state index is 13.6. The van der Waals surface area contributed by atoms with E-state index in [-0.39, 0.29) is 24.5 Å². The number of aromatic amines is 1. The Balaban J connectivity index is 1.49. The maximum absolute atomic E-state index is 13.6. The SMILES string of the molecule is Cc1ccc(NC(=O)N(CC(=O)N(CCc2c[nH]c3ccccc23)Cc2ccccc2)C(C)C)cc1C. The number of carbonyl (C=O) groups excluding carboxylic acids is 2. The zero-order valence-corrected chi connectivity index (χ0v) is 22.1. The molecular formula is C31H36N4O2. The quantitative estimate of drug-likeness (QED) is 0.286. The second-order valence-corrected chi connectivity index (χ2v) is 9.86. The monoisotopic (exact) mass is 496 g/mol. The number of urea groups is 1. The van der Waals surface area contributed by atoms with Gasteiger partial charge in [0.2, 0.25) is 5.91 Å². The highest BCUT2D eigenvalue weighted by Crippen LogP contribution is 2.19. The van der Waals surface area contributed by atoms with E-state index in [0.29, 0.717) is 13.1 Å². The molecule has 1 heterocycles. The Kier molecular flexibility index (Phi) is 8.29. The Morgan fingerprint density at radius 3 is 2.38 bits per heavy atom. The van der Waals surface area contributed by atoms with Gasteiger partial charge in [0, 0.05) is 41.9 Å². The smallest absolute Gasteiger partial charge is 0.322 e. The number of hydrogen-bond acceptors (Lipinski definition) is 2. The van der Waals surface area contributed by atoms with Crippen LogP contribution in [0.3, 0.4) is 0 Å². The molecule has 4 rings (SSSR count). The van der Waals surface area contributed by atoms with E-state index in [1.165, 1.54) is 16.5 Å². The molecule has 3 aromatic carbocycles. The van der Waals surface area contributed by atoms with Crippen molar-refractivity contribution in [1.82, 2.24) is 14.8 Å². The summed E-state index contributed by atoms with van der Waals surface area (Å²) in [7, 11) is 0. The molecule has 4 aromatic rings. The zero-order chi connectivity index (χ0) is 26.4. The van der Waals surface area contributed by atoms with E-state index in [4.69, 9.17) is 0 Å². The van der Waals surface area contributed by atoms with Gasteiger partial charge in [0.05, 0.1) is 0 Å². The average molecular weight is 497 g/mol. The molecule has 37 heavy (non-hydrogen) atoms. The molecule has 0 aliphatic heterocycles. The fourth-order valence-corrected chi connectivity index (χ4v) is 4.44. The van der Waals surface area contributed by atoms with E-state index in [2.05, 4.69) is 22.4 Å². The number of aromatic nitrogens is 1. The highest BCUT2D eigenvalue weighted by molar-refractivity contribution is 5.92. The largest absolute Gasteiger partial charge is 0.361 e. The van der Waals surface area contributed by atoms with Gasteiger partial charge in [-0.15, -0.1) is 0 Å². The van der Waals surface area contributed by atoms with Gasteiger partial charge in [-0.1, -0.05) is 54.6 Å². The number of H-pyrrole nitrogens is 1. The van der Waals surface area contributed by atoms with Crippen molar-refractivity contribution in [2.45, 2.75) is 46.7 Å². The number of fused-ring (bicyclic) bond motifs is 1. The van der Waals surface area contributed by atoms with Crippen LogP contribution in [0.25, 0.3) is 10.9 Å². The predicted molar refractivity (Wildman–Crippen MR) is 151 cm³/mol. The van der Waals surface area contributed by atoms with Crippen LogP contribution in [0.2, 0.25) is 0 Å². The lowest BCUT2D eigenvalue weighted by Gasteiger charge is -2.30. The third kappa shape index (κ3) is 6.58. The molecule has 3 amide bonds. The molecule has 0 aliphatic carbocycles. The average Bonchev–Trinajstić information content (AvgIpc) is 3.30. The minimum atomic E-state index is -0.275. The van der Waals surface area contributed by atoms with Gasteiger partial charge in [0.15, 0.2) is 0 Å². The lowest BCUT2D eigenvalue weighted by molar-refractivity contribution is -0.132. The van der Waals surface area contributed by atoms with Crippen LogP contribution in [0.1, 0.15) is 36.1 Å². The van der Waals surface area contributed by atoms with Gasteiger partial charge in [-0.25, -0.2) is 4.79 Å². The van der Waals surface area contributed by atoms with Crippen LogP contribution >= 0.6 is 0 Å². The first-order valence-electron chi connectivity index (χ1n) is 12.8. The zero-order valence-electron chi connectivity index (χ0n) is 22.1. The van der Waals surface area contributed by atoms with E-state index in [1.54, 1.807) is 4.90 Å². The molecular weight excluding hydrogens is 460 g/mol. The Bertz CT molecular complexity index is 1360. The Morgan fingerprint density at radius 2 is 1.65 bits per heavy atom. The Hall–Kier alpha value is -4.06. The number of para-hydroxylation sites is 1. The fraction of sp³-hybridized carbons (Fsp3) is 0.290. The molecule has 0 fully saturated rings. The van der Waals surface area contributed by atoms with Gasteiger partial charge in [0.25, 0.3) is 0 Å². The summed E-state index contributed by atoms with van der Waals surface area (Å²) in [5.41, 5.74) is 6.33. The first-order chi connectivity index (χ1) is 17.8. The summed E-state index contributed by atoms with van der Waals surface area (Å²) in [6.45, 7) is 8.98. The second-order valence-electron chi connectivity index (χ2n) is 9.86. The molecule has 0 radical (unpaired) electrons. The number of rotatable bonds is 9. The van der Waals surface area contributed by atoms with Crippen molar-refractivity contribution in [3.63, 3.8) is 0 Å². The third-order valence-corrected chi connectivity index (χ3v) is 6.84. The van der Waals surface area contributed by atoms with Crippen molar-refractivity contribution in [2.75, 3.05) is 18.4 Å². The van der Waals surface area contributed by atoms with Crippen LogP contribution in [-0.2, 0) is 17.8 Å². The number of carbonyl (C=O) groups is 2. The molecule has 0 bridgehead atoms. The normalized spacial score (nSPS) is 11.1. The molecule has 6 heteroatoms. The molecule has 0 aliphatic rings. The fourth-order valence-electron chi connectivity index (χ4n) is 4.44. The minimum Gasteiger partial charge on any atom is -0.361 e. The van der Waals surface area contributed by atoms with E-state index in [9.17, 15) is 9.59 Å². The third-order valence-electron chi connectivity index (χ3n) is 6.84. The van der Waals surface area contributed by atoms with Gasteiger partial charge >= 0.3 is 6.03 Å². The van der Waals surface area contributed by atoms with Crippen LogP contribution in [-0.4, -0.2) is 45.9 Å². The first-order valence-corrected chi connectivity index (χ1v) is 12.8. The van der Waals surface area contributed by atoms with Crippen LogP contribution in [0.5, 0.6) is 0 Å². The molecule has 0 saturated heterocycles. The number of hydrogen-bond donors (Lipinski definition) is 2. The molecule has 1 aromatic heterocycles. The molecule has 0 atom stereocenters. The molecule has 192 valence electrons. The molecule has 2 N–H and O–H groups in total. The van der Waals surface area contributed by atoms with Crippen molar-refractivity contribution in [1.29, 1.82) is 0 Å². The van der Waals surface area contributed by atoms with Crippen molar-refractivity contribution >= 4 is 28.5 Å². The van der Waals surface area contributed by atoms with Crippen LogP contribution in [0, 0.1) is 13.8 Å². The summed E-state index contributed by atoms with van der Waals surface area (Å²) in [4.78, 5) is 33.6. The summed E-state index contributed by atoms with van der Waals surface area (Å²) >= 11 is 0. The van der Waals surface area contributed by atoms with Gasteiger partial charge < -0.3 is 20.1 Å². The molecule has 0 saturated carbocycles. The summed E-state index contributed by atoms with van der Waals surface area (Å²) < 4.78 is 0. The number of nitrogens with zero attached hydrogens (tertiary/aromatic N) is 2. The first kappa shape index (κ1) is 26.0. The van der Waals surface area contributed by atoms with Crippen molar-refractivity contribution < 1.29 is 9.59 Å². The van der Waals surface area contributed by atoms with E-state index in [1.807, 2.05) is 99.5 Å². The summed E-state index contributed by atoms with van der Waals surface area (Å²) in [6, 6.07) is 23.6. The van der Waals surface area contributed by atoms with Crippen molar-refractivity contribution in [3.05, 3.63) is 101 Å².